The van der Waals surface area contributed by atoms with Crippen molar-refractivity contribution in [2.24, 2.45) is 5.92 Å². The Bertz CT molecular complexity index is 337. The van der Waals surface area contributed by atoms with Crippen LogP contribution in [0.4, 0.5) is 0 Å². The van der Waals surface area contributed by atoms with Gasteiger partial charge in [0.15, 0.2) is 0 Å². The Morgan fingerprint density at radius 2 is 2.06 bits per heavy atom. The minimum atomic E-state index is -0.520. The summed E-state index contributed by atoms with van der Waals surface area (Å²) in [5.74, 6) is 1.19. The first kappa shape index (κ1) is 13.3. The van der Waals surface area contributed by atoms with Gasteiger partial charge >= 0.3 is 0 Å². The van der Waals surface area contributed by atoms with E-state index >= 15 is 0 Å². The molecule has 0 bridgehead atoms. The smallest absolute Gasteiger partial charge is 0.119 e. The SMILES string of the molecule is CCOc1ccc(Cl)c(C(O)CC(C)C)c1. The van der Waals surface area contributed by atoms with Gasteiger partial charge in [-0.25, -0.2) is 0 Å². The van der Waals surface area contributed by atoms with Crippen molar-refractivity contribution in [3.63, 3.8) is 0 Å². The Kier molecular flexibility index (Phi) is 5.10. The zero-order valence-electron chi connectivity index (χ0n) is 10.0. The number of hydrogen-bond acceptors (Lipinski definition) is 2. The normalized spacial score (nSPS) is 12.9. The van der Waals surface area contributed by atoms with Crippen LogP contribution in [0.2, 0.25) is 5.02 Å². The maximum Gasteiger partial charge on any atom is 0.119 e. The van der Waals surface area contributed by atoms with E-state index in [1.165, 1.54) is 0 Å². The minimum Gasteiger partial charge on any atom is -0.494 e. The third-order valence-electron chi connectivity index (χ3n) is 2.33. The van der Waals surface area contributed by atoms with Gasteiger partial charge in [0, 0.05) is 10.6 Å². The number of aliphatic hydroxyl groups is 1. The molecule has 1 aromatic carbocycles. The van der Waals surface area contributed by atoms with Crippen molar-refractivity contribution in [3.8, 4) is 5.75 Å². The number of hydrogen-bond donors (Lipinski definition) is 1. The fourth-order valence-corrected chi connectivity index (χ4v) is 1.85. The molecule has 0 aliphatic rings. The van der Waals surface area contributed by atoms with Crippen LogP contribution in [-0.4, -0.2) is 11.7 Å². The van der Waals surface area contributed by atoms with Gasteiger partial charge in [0.05, 0.1) is 12.7 Å². The molecule has 16 heavy (non-hydrogen) atoms. The van der Waals surface area contributed by atoms with E-state index in [1.807, 2.05) is 19.1 Å². The van der Waals surface area contributed by atoms with Gasteiger partial charge in [-0.15, -0.1) is 0 Å². The van der Waals surface area contributed by atoms with Crippen molar-refractivity contribution in [2.75, 3.05) is 6.61 Å². The van der Waals surface area contributed by atoms with Gasteiger partial charge in [-0.05, 0) is 37.5 Å². The summed E-state index contributed by atoms with van der Waals surface area (Å²) in [6.07, 6.45) is 0.183. The molecule has 1 atom stereocenters. The Labute approximate surface area is 102 Å². The predicted molar refractivity (Wildman–Crippen MR) is 67.0 cm³/mol. The molecule has 0 heterocycles. The summed E-state index contributed by atoms with van der Waals surface area (Å²) in [4.78, 5) is 0. The maximum atomic E-state index is 10.0. The van der Waals surface area contributed by atoms with Gasteiger partial charge in [-0.3, -0.25) is 0 Å². The molecule has 2 nitrogen and oxygen atoms in total. The zero-order chi connectivity index (χ0) is 12.1. The van der Waals surface area contributed by atoms with E-state index in [0.717, 1.165) is 11.3 Å². The summed E-state index contributed by atoms with van der Waals surface area (Å²) < 4.78 is 5.39. The lowest BCUT2D eigenvalue weighted by molar-refractivity contribution is 0.150. The van der Waals surface area contributed by atoms with Crippen LogP contribution < -0.4 is 4.74 Å². The molecule has 1 aromatic rings. The third kappa shape index (κ3) is 3.69. The summed E-state index contributed by atoms with van der Waals surface area (Å²) in [5.41, 5.74) is 0.751. The Morgan fingerprint density at radius 3 is 2.62 bits per heavy atom. The molecule has 0 saturated heterocycles. The molecular weight excluding hydrogens is 224 g/mol. The molecule has 1 rings (SSSR count). The van der Waals surface area contributed by atoms with E-state index in [4.69, 9.17) is 16.3 Å². The van der Waals surface area contributed by atoms with Gasteiger partial charge in [0.25, 0.3) is 0 Å². The largest absolute Gasteiger partial charge is 0.494 e. The zero-order valence-corrected chi connectivity index (χ0v) is 10.8. The first-order valence-corrected chi connectivity index (χ1v) is 6.02. The highest BCUT2D eigenvalue weighted by Crippen LogP contribution is 2.30. The van der Waals surface area contributed by atoms with E-state index in [9.17, 15) is 5.11 Å². The third-order valence-corrected chi connectivity index (χ3v) is 2.68. The van der Waals surface area contributed by atoms with Crippen LogP contribution in [0.3, 0.4) is 0 Å². The molecule has 0 amide bonds. The average molecular weight is 243 g/mol. The second kappa shape index (κ2) is 6.12. The number of halogens is 1. The van der Waals surface area contributed by atoms with Crippen LogP contribution in [0.15, 0.2) is 18.2 Å². The highest BCUT2D eigenvalue weighted by molar-refractivity contribution is 6.31. The summed E-state index contributed by atoms with van der Waals surface area (Å²) in [6.45, 7) is 6.69. The van der Waals surface area contributed by atoms with Crippen LogP contribution in [0.5, 0.6) is 5.75 Å². The van der Waals surface area contributed by atoms with Crippen molar-refractivity contribution in [2.45, 2.75) is 33.3 Å². The van der Waals surface area contributed by atoms with Crippen LogP contribution >= 0.6 is 11.6 Å². The lowest BCUT2D eigenvalue weighted by atomic mass is 9.99. The highest BCUT2D eigenvalue weighted by Gasteiger charge is 2.14. The molecule has 0 aliphatic heterocycles. The second-order valence-corrected chi connectivity index (χ2v) is 4.67. The molecule has 0 fully saturated rings. The fraction of sp³-hybridized carbons (Fsp3) is 0.538. The molecule has 0 saturated carbocycles. The average Bonchev–Trinajstić information content (AvgIpc) is 2.20. The lowest BCUT2D eigenvalue weighted by Crippen LogP contribution is -2.03. The minimum absolute atomic E-state index is 0.432. The van der Waals surface area contributed by atoms with Crippen molar-refractivity contribution in [3.05, 3.63) is 28.8 Å². The summed E-state index contributed by atoms with van der Waals surface area (Å²) >= 11 is 6.06. The van der Waals surface area contributed by atoms with Crippen LogP contribution in [-0.2, 0) is 0 Å². The Hall–Kier alpha value is -0.730. The summed E-state index contributed by atoms with van der Waals surface area (Å²) in [7, 11) is 0. The lowest BCUT2D eigenvalue weighted by Gasteiger charge is -2.16. The molecule has 0 radical (unpaired) electrons. The van der Waals surface area contributed by atoms with Gasteiger partial charge < -0.3 is 9.84 Å². The van der Waals surface area contributed by atoms with E-state index in [1.54, 1.807) is 6.07 Å². The fourth-order valence-electron chi connectivity index (χ4n) is 1.61. The molecular formula is C13H19ClO2. The first-order valence-electron chi connectivity index (χ1n) is 5.64. The van der Waals surface area contributed by atoms with E-state index in [0.29, 0.717) is 24.0 Å². The van der Waals surface area contributed by atoms with Crippen LogP contribution in [0.1, 0.15) is 38.9 Å². The van der Waals surface area contributed by atoms with Gasteiger partial charge in [0.2, 0.25) is 0 Å². The summed E-state index contributed by atoms with van der Waals surface area (Å²) in [5, 5.41) is 10.6. The van der Waals surface area contributed by atoms with Gasteiger partial charge in [-0.2, -0.15) is 0 Å². The molecule has 1 unspecified atom stereocenters. The van der Waals surface area contributed by atoms with E-state index in [-0.39, 0.29) is 0 Å². The molecule has 0 aromatic heterocycles. The first-order chi connectivity index (χ1) is 7.54. The molecule has 1 N–H and O–H groups in total. The summed E-state index contributed by atoms with van der Waals surface area (Å²) in [6, 6.07) is 5.40. The maximum absolute atomic E-state index is 10.0. The molecule has 0 spiro atoms. The van der Waals surface area contributed by atoms with E-state index in [2.05, 4.69) is 13.8 Å². The Balaban J connectivity index is 2.88. The van der Waals surface area contributed by atoms with Gasteiger partial charge in [-0.1, -0.05) is 25.4 Å². The Morgan fingerprint density at radius 1 is 1.38 bits per heavy atom. The molecule has 0 aliphatic carbocycles. The van der Waals surface area contributed by atoms with Crippen molar-refractivity contribution < 1.29 is 9.84 Å². The number of ether oxygens (including phenoxy) is 1. The monoisotopic (exact) mass is 242 g/mol. The highest BCUT2D eigenvalue weighted by atomic mass is 35.5. The van der Waals surface area contributed by atoms with Gasteiger partial charge in [0.1, 0.15) is 5.75 Å². The van der Waals surface area contributed by atoms with Crippen molar-refractivity contribution >= 4 is 11.6 Å². The van der Waals surface area contributed by atoms with Crippen molar-refractivity contribution in [1.82, 2.24) is 0 Å². The van der Waals surface area contributed by atoms with Crippen LogP contribution in [0.25, 0.3) is 0 Å². The quantitative estimate of drug-likeness (QED) is 0.851. The second-order valence-electron chi connectivity index (χ2n) is 4.26. The topological polar surface area (TPSA) is 29.5 Å². The van der Waals surface area contributed by atoms with Crippen molar-refractivity contribution in [1.29, 1.82) is 0 Å². The van der Waals surface area contributed by atoms with Crippen LogP contribution in [0, 0.1) is 5.92 Å². The number of benzene rings is 1. The standard InChI is InChI=1S/C13H19ClO2/c1-4-16-10-5-6-12(14)11(8-10)13(15)7-9(2)3/h5-6,8-9,13,15H,4,7H2,1-3H3. The number of aliphatic hydroxyl groups excluding tert-OH is 1. The van der Waals surface area contributed by atoms with E-state index < -0.39 is 6.10 Å². The number of rotatable bonds is 5. The molecule has 90 valence electrons. The molecule has 3 heteroatoms. The predicted octanol–water partition coefficient (Wildman–Crippen LogP) is 3.82.